The van der Waals surface area contributed by atoms with E-state index >= 15 is 0 Å². The summed E-state index contributed by atoms with van der Waals surface area (Å²) in [4.78, 5) is 7.10. The number of halogens is 3. The van der Waals surface area contributed by atoms with Crippen molar-refractivity contribution in [2.75, 3.05) is 11.6 Å². The highest BCUT2D eigenvalue weighted by Gasteiger charge is 2.34. The monoisotopic (exact) mass is 371 g/mol. The largest absolute Gasteiger partial charge is 0.433 e. The van der Waals surface area contributed by atoms with Gasteiger partial charge in [-0.3, -0.25) is 0 Å². The molecule has 2 aromatic heterocycles. The van der Waals surface area contributed by atoms with Crippen molar-refractivity contribution in [2.24, 2.45) is 0 Å². The molecule has 0 fully saturated rings. The van der Waals surface area contributed by atoms with Gasteiger partial charge in [0.15, 0.2) is 15.5 Å². The van der Waals surface area contributed by atoms with Crippen molar-refractivity contribution in [3.63, 3.8) is 0 Å². The molecule has 3 rings (SSSR count). The van der Waals surface area contributed by atoms with Gasteiger partial charge in [0.1, 0.15) is 12.1 Å². The fourth-order valence-electron chi connectivity index (χ4n) is 2.18. The topological polar surface area (TPSA) is 89.2 Å². The molecule has 0 radical (unpaired) electrons. The van der Waals surface area contributed by atoms with E-state index in [0.717, 1.165) is 23.2 Å². The molecule has 0 atom stereocenters. The second-order valence-electron chi connectivity index (χ2n) is 5.39. The lowest BCUT2D eigenvalue weighted by molar-refractivity contribution is -0.141. The summed E-state index contributed by atoms with van der Waals surface area (Å²) in [5, 5.41) is 6.64. The van der Waals surface area contributed by atoms with Crippen LogP contribution < -0.4 is 5.32 Å². The first-order valence-corrected chi connectivity index (χ1v) is 8.99. The van der Waals surface area contributed by atoms with Crippen molar-refractivity contribution in [2.45, 2.75) is 11.9 Å². The van der Waals surface area contributed by atoms with E-state index in [1.165, 1.54) is 0 Å². The normalized spacial score (nSPS) is 12.5. The molecule has 132 valence electrons. The average Bonchev–Trinajstić information content (AvgIpc) is 2.95. The lowest BCUT2D eigenvalue weighted by Crippen LogP contribution is -2.12. The van der Waals surface area contributed by atoms with Gasteiger partial charge < -0.3 is 5.32 Å². The van der Waals surface area contributed by atoms with Crippen LogP contribution in [0.3, 0.4) is 0 Å². The molecule has 0 spiro atoms. The molecule has 0 aliphatic carbocycles. The van der Waals surface area contributed by atoms with E-state index in [4.69, 9.17) is 0 Å². The minimum Gasteiger partial charge on any atom is -0.340 e. The summed E-state index contributed by atoms with van der Waals surface area (Å²) < 4.78 is 62.5. The molecule has 3 aromatic rings. The number of fused-ring (bicyclic) bond motifs is 1. The van der Waals surface area contributed by atoms with Crippen LogP contribution in [0.4, 0.5) is 24.7 Å². The van der Waals surface area contributed by atoms with Gasteiger partial charge in [-0.2, -0.15) is 27.8 Å². The van der Waals surface area contributed by atoms with Crippen molar-refractivity contribution >= 4 is 27.1 Å². The molecule has 1 N–H and O–H groups in total. The molecule has 0 bridgehead atoms. The molecule has 0 amide bonds. The Morgan fingerprint density at radius 1 is 1.20 bits per heavy atom. The van der Waals surface area contributed by atoms with E-state index in [0.29, 0.717) is 11.3 Å². The molecule has 11 heteroatoms. The molecule has 0 aliphatic heterocycles. The maximum Gasteiger partial charge on any atom is 0.433 e. The number of aromatic nitrogens is 4. The van der Waals surface area contributed by atoms with Crippen LogP contribution in [-0.2, 0) is 21.8 Å². The summed E-state index contributed by atoms with van der Waals surface area (Å²) in [5.41, 5.74) is -0.0535. The van der Waals surface area contributed by atoms with Gasteiger partial charge in [0.2, 0.25) is 0 Å². The summed E-state index contributed by atoms with van der Waals surface area (Å²) in [7, 11) is -3.17. The summed E-state index contributed by atoms with van der Waals surface area (Å²) >= 11 is 0. The zero-order valence-electron chi connectivity index (χ0n) is 12.8. The first-order valence-electron chi connectivity index (χ1n) is 6.93. The standard InChI is InChI=1S/C14H12F3N5O2S/c1-25(23,24)7-9-2-4-10(5-3-9)20-12-6-11(14(15,16)17)21-13-18-8-19-22(12)13/h2-6,8,20H,7H2,1H3. The predicted octanol–water partition coefficient (Wildman–Crippen LogP) is 2.43. The van der Waals surface area contributed by atoms with Crippen molar-refractivity contribution in [1.82, 2.24) is 19.6 Å². The van der Waals surface area contributed by atoms with Crippen molar-refractivity contribution in [3.05, 3.63) is 47.9 Å². The average molecular weight is 371 g/mol. The van der Waals surface area contributed by atoms with Gasteiger partial charge in [-0.15, -0.1) is 0 Å². The van der Waals surface area contributed by atoms with Crippen LogP contribution in [-0.4, -0.2) is 34.3 Å². The van der Waals surface area contributed by atoms with Crippen molar-refractivity contribution in [1.29, 1.82) is 0 Å². The first kappa shape index (κ1) is 17.1. The highest BCUT2D eigenvalue weighted by molar-refractivity contribution is 7.89. The first-order chi connectivity index (χ1) is 11.6. The van der Waals surface area contributed by atoms with E-state index in [-0.39, 0.29) is 17.3 Å². The van der Waals surface area contributed by atoms with E-state index < -0.39 is 21.7 Å². The fraction of sp³-hybridized carbons (Fsp3) is 0.214. The van der Waals surface area contributed by atoms with Crippen LogP contribution in [0.5, 0.6) is 0 Å². The number of alkyl halides is 3. The second kappa shape index (κ2) is 5.99. The Bertz CT molecular complexity index is 1010. The Labute approximate surface area is 140 Å². The van der Waals surface area contributed by atoms with E-state index in [1.54, 1.807) is 24.3 Å². The SMILES string of the molecule is CS(=O)(=O)Cc1ccc(Nc2cc(C(F)(F)F)nc3ncnn23)cc1. The number of benzene rings is 1. The smallest absolute Gasteiger partial charge is 0.340 e. The number of nitrogens with zero attached hydrogens (tertiary/aromatic N) is 4. The van der Waals surface area contributed by atoms with Crippen molar-refractivity contribution < 1.29 is 21.6 Å². The van der Waals surface area contributed by atoms with Crippen LogP contribution in [0.2, 0.25) is 0 Å². The van der Waals surface area contributed by atoms with Crippen LogP contribution in [0.1, 0.15) is 11.3 Å². The lowest BCUT2D eigenvalue weighted by atomic mass is 10.2. The number of rotatable bonds is 4. The van der Waals surface area contributed by atoms with E-state index in [9.17, 15) is 21.6 Å². The summed E-state index contributed by atoms with van der Waals surface area (Å²) in [6.45, 7) is 0. The zero-order chi connectivity index (χ0) is 18.2. The molecule has 2 heterocycles. The zero-order valence-corrected chi connectivity index (χ0v) is 13.6. The van der Waals surface area contributed by atoms with Gasteiger partial charge in [-0.05, 0) is 17.7 Å². The molecule has 0 aliphatic rings. The van der Waals surface area contributed by atoms with Gasteiger partial charge in [-0.25, -0.2) is 13.4 Å². The Kier molecular flexibility index (Phi) is 4.11. The number of hydrogen-bond acceptors (Lipinski definition) is 6. The van der Waals surface area contributed by atoms with E-state index in [2.05, 4.69) is 20.4 Å². The number of sulfone groups is 1. The Balaban J connectivity index is 1.93. The minimum atomic E-state index is -4.62. The van der Waals surface area contributed by atoms with Crippen LogP contribution in [0.25, 0.3) is 5.78 Å². The predicted molar refractivity (Wildman–Crippen MR) is 84.1 cm³/mol. The highest BCUT2D eigenvalue weighted by atomic mass is 32.2. The molecule has 7 nitrogen and oxygen atoms in total. The van der Waals surface area contributed by atoms with E-state index in [1.807, 2.05) is 0 Å². The number of anilines is 2. The minimum absolute atomic E-state index is 0.0330. The van der Waals surface area contributed by atoms with Crippen LogP contribution in [0, 0.1) is 0 Å². The van der Waals surface area contributed by atoms with Crippen LogP contribution in [0.15, 0.2) is 36.7 Å². The maximum absolute atomic E-state index is 12.9. The lowest BCUT2D eigenvalue weighted by Gasteiger charge is -2.11. The molecule has 0 saturated heterocycles. The quantitative estimate of drug-likeness (QED) is 0.758. The Morgan fingerprint density at radius 2 is 1.88 bits per heavy atom. The summed E-state index contributed by atoms with van der Waals surface area (Å²) in [6, 6.07) is 7.11. The Hall–Kier alpha value is -2.69. The van der Waals surface area contributed by atoms with Gasteiger partial charge >= 0.3 is 6.18 Å². The molecule has 0 saturated carbocycles. The molecular formula is C14H12F3N5O2S. The number of hydrogen-bond donors (Lipinski definition) is 1. The molecular weight excluding hydrogens is 359 g/mol. The van der Waals surface area contributed by atoms with Crippen molar-refractivity contribution in [3.8, 4) is 0 Å². The summed E-state index contributed by atoms with van der Waals surface area (Å²) in [6.07, 6.45) is -2.40. The van der Waals surface area contributed by atoms with Gasteiger partial charge in [0.25, 0.3) is 5.78 Å². The third-order valence-electron chi connectivity index (χ3n) is 3.20. The fourth-order valence-corrected chi connectivity index (χ4v) is 2.98. The third-order valence-corrected chi connectivity index (χ3v) is 4.06. The third kappa shape index (κ3) is 4.05. The second-order valence-corrected chi connectivity index (χ2v) is 7.53. The summed E-state index contributed by atoms with van der Waals surface area (Å²) in [5.74, 6) is -0.273. The number of nitrogens with one attached hydrogen (secondary N) is 1. The van der Waals surface area contributed by atoms with Gasteiger partial charge in [0, 0.05) is 18.0 Å². The van der Waals surface area contributed by atoms with Gasteiger partial charge in [-0.1, -0.05) is 12.1 Å². The van der Waals surface area contributed by atoms with Gasteiger partial charge in [0.05, 0.1) is 5.75 Å². The molecule has 25 heavy (non-hydrogen) atoms. The van der Waals surface area contributed by atoms with Crippen LogP contribution >= 0.6 is 0 Å². The molecule has 1 aromatic carbocycles. The highest BCUT2D eigenvalue weighted by Crippen LogP contribution is 2.30. The molecule has 0 unspecified atom stereocenters. The maximum atomic E-state index is 12.9. The Morgan fingerprint density at radius 3 is 2.48 bits per heavy atom.